The fourth-order valence-electron chi connectivity index (χ4n) is 0.713. The summed E-state index contributed by atoms with van der Waals surface area (Å²) in [6.07, 6.45) is 0.395. The third-order valence-electron chi connectivity index (χ3n) is 1.35. The third-order valence-corrected chi connectivity index (χ3v) is 1.92. The first-order valence-corrected chi connectivity index (χ1v) is 5.18. The molecule has 0 saturated carbocycles. The Hall–Kier alpha value is -0.430. The van der Waals surface area contributed by atoms with Crippen molar-refractivity contribution in [2.45, 2.75) is 12.5 Å². The molecule has 0 saturated heterocycles. The summed E-state index contributed by atoms with van der Waals surface area (Å²) in [4.78, 5) is 10.5. The Bertz CT molecular complexity index is 230. The molecule has 0 spiro atoms. The van der Waals surface area contributed by atoms with Crippen molar-refractivity contribution in [2.75, 3.05) is 19.8 Å². The van der Waals surface area contributed by atoms with Crippen molar-refractivity contribution in [2.24, 2.45) is 0 Å². The van der Waals surface area contributed by atoms with Crippen LogP contribution in [0.1, 0.15) is 6.42 Å². The van der Waals surface area contributed by atoms with Crippen LogP contribution < -0.4 is 0 Å². The van der Waals surface area contributed by atoms with Crippen LogP contribution in [0.5, 0.6) is 0 Å². The van der Waals surface area contributed by atoms with Crippen molar-refractivity contribution in [1.82, 2.24) is 0 Å². The van der Waals surface area contributed by atoms with E-state index in [2.05, 4.69) is 19.2 Å². The Labute approximate surface area is 99.7 Å². The van der Waals surface area contributed by atoms with Gasteiger partial charge in [-0.3, -0.25) is 4.79 Å². The summed E-state index contributed by atoms with van der Waals surface area (Å²) in [5.41, 5.74) is 0. The number of hydrogen-bond acceptors (Lipinski definition) is 5. The van der Waals surface area contributed by atoms with Gasteiger partial charge in [0, 0.05) is 0 Å². The van der Waals surface area contributed by atoms with Crippen LogP contribution in [0.2, 0.25) is 0 Å². The van der Waals surface area contributed by atoms with Crippen molar-refractivity contribution >= 4 is 35.0 Å². The van der Waals surface area contributed by atoms with Gasteiger partial charge in [0.05, 0.1) is 19.6 Å². The zero-order valence-corrected chi connectivity index (χ0v) is 9.93. The third kappa shape index (κ3) is 8.56. The second-order valence-corrected chi connectivity index (χ2v) is 3.55. The predicted octanol–water partition coefficient (Wildman–Crippen LogP) is 0.740. The van der Waals surface area contributed by atoms with Gasteiger partial charge in [-0.05, 0) is 12.2 Å². The summed E-state index contributed by atoms with van der Waals surface area (Å²) in [7, 11) is 0. The second kappa shape index (κ2) is 8.84. The number of thiol groups is 1. The van der Waals surface area contributed by atoms with Gasteiger partial charge in [0.2, 0.25) is 0 Å². The predicted molar refractivity (Wildman–Crippen MR) is 64.2 cm³/mol. The maximum atomic E-state index is 10.5. The second-order valence-electron chi connectivity index (χ2n) is 2.64. The minimum absolute atomic E-state index is 0.0143. The first-order chi connectivity index (χ1) is 7.07. The Balaban J connectivity index is 3.55. The molecule has 15 heavy (non-hydrogen) atoms. The summed E-state index contributed by atoms with van der Waals surface area (Å²) in [6, 6.07) is 0. The van der Waals surface area contributed by atoms with Crippen LogP contribution >= 0.6 is 24.8 Å². The lowest BCUT2D eigenvalue weighted by molar-refractivity contribution is -0.111. The molecule has 0 aromatic carbocycles. The highest BCUT2D eigenvalue weighted by atomic mass is 32.1. The van der Waals surface area contributed by atoms with E-state index in [1.54, 1.807) is 6.08 Å². The molecule has 0 aliphatic carbocycles. The zero-order valence-electron chi connectivity index (χ0n) is 8.22. The van der Waals surface area contributed by atoms with Crippen LogP contribution in [0, 0.1) is 0 Å². The SMILES string of the molecule is C=CCOCCOC(=S)C(O)CC(=O)S. The van der Waals surface area contributed by atoms with Crippen molar-refractivity contribution in [3.8, 4) is 0 Å². The van der Waals surface area contributed by atoms with Crippen LogP contribution in [-0.4, -0.2) is 41.2 Å². The van der Waals surface area contributed by atoms with Gasteiger partial charge in [0.15, 0.2) is 10.2 Å². The van der Waals surface area contributed by atoms with Gasteiger partial charge in [0.25, 0.3) is 0 Å². The monoisotopic (exact) mass is 250 g/mol. The Morgan fingerprint density at radius 2 is 2.27 bits per heavy atom. The van der Waals surface area contributed by atoms with Gasteiger partial charge in [-0.25, -0.2) is 0 Å². The molecule has 0 rings (SSSR count). The average Bonchev–Trinajstić information content (AvgIpc) is 2.16. The number of hydrogen-bond donors (Lipinski definition) is 2. The van der Waals surface area contributed by atoms with Gasteiger partial charge >= 0.3 is 0 Å². The molecular formula is C9H14O4S2. The van der Waals surface area contributed by atoms with E-state index < -0.39 is 11.2 Å². The average molecular weight is 250 g/mol. The maximum absolute atomic E-state index is 10.5. The van der Waals surface area contributed by atoms with Crippen LogP contribution in [-0.2, 0) is 14.3 Å². The van der Waals surface area contributed by atoms with Gasteiger partial charge < -0.3 is 14.6 Å². The smallest absolute Gasteiger partial charge is 0.189 e. The van der Waals surface area contributed by atoms with Crippen molar-refractivity contribution in [1.29, 1.82) is 0 Å². The van der Waals surface area contributed by atoms with E-state index in [-0.39, 0.29) is 18.1 Å². The molecule has 1 N–H and O–H groups in total. The molecule has 0 fully saturated rings. The van der Waals surface area contributed by atoms with E-state index in [1.165, 1.54) is 0 Å². The van der Waals surface area contributed by atoms with Gasteiger partial charge in [-0.15, -0.1) is 19.2 Å². The van der Waals surface area contributed by atoms with Crippen LogP contribution in [0.15, 0.2) is 12.7 Å². The molecule has 0 heterocycles. The molecule has 1 unspecified atom stereocenters. The minimum Gasteiger partial charge on any atom is -0.482 e. The number of thiocarbonyl (C=S) groups is 1. The summed E-state index contributed by atoms with van der Waals surface area (Å²) in [5.74, 6) is 0. The summed E-state index contributed by atoms with van der Waals surface area (Å²) in [5, 5.41) is 8.85. The standard InChI is InChI=1S/C9H14O4S2/c1-2-3-12-4-5-13-9(15)7(10)6-8(11)14/h2,7,10H,1,3-6H2,(H,11,14). The molecule has 0 radical (unpaired) electrons. The van der Waals surface area contributed by atoms with Gasteiger partial charge in [-0.1, -0.05) is 6.08 Å². The molecule has 6 heteroatoms. The van der Waals surface area contributed by atoms with Gasteiger partial charge in [-0.2, -0.15) is 0 Å². The Morgan fingerprint density at radius 1 is 1.60 bits per heavy atom. The summed E-state index contributed by atoms with van der Waals surface area (Å²) in [6.45, 7) is 4.51. The van der Waals surface area contributed by atoms with Crippen molar-refractivity contribution < 1.29 is 19.4 Å². The Morgan fingerprint density at radius 3 is 2.80 bits per heavy atom. The molecule has 0 amide bonds. The Kier molecular flexibility index (Phi) is 8.59. The highest BCUT2D eigenvalue weighted by Crippen LogP contribution is 2.00. The van der Waals surface area contributed by atoms with Crippen LogP contribution in [0.25, 0.3) is 0 Å². The number of aliphatic hydroxyl groups is 1. The molecule has 86 valence electrons. The molecule has 4 nitrogen and oxygen atoms in total. The first kappa shape index (κ1) is 14.6. The maximum Gasteiger partial charge on any atom is 0.189 e. The van der Waals surface area contributed by atoms with E-state index >= 15 is 0 Å². The number of ether oxygens (including phenoxy) is 2. The fourth-order valence-corrected chi connectivity index (χ4v) is 1.05. The van der Waals surface area contributed by atoms with Crippen molar-refractivity contribution in [3.05, 3.63) is 12.7 Å². The first-order valence-electron chi connectivity index (χ1n) is 4.33. The quantitative estimate of drug-likeness (QED) is 0.288. The van der Waals surface area contributed by atoms with Crippen LogP contribution in [0.4, 0.5) is 0 Å². The molecule has 0 aromatic rings. The van der Waals surface area contributed by atoms with E-state index in [0.717, 1.165) is 0 Å². The number of rotatable bonds is 8. The molecular weight excluding hydrogens is 236 g/mol. The summed E-state index contributed by atoms with van der Waals surface area (Å²) >= 11 is 8.26. The largest absolute Gasteiger partial charge is 0.482 e. The molecule has 0 aliphatic rings. The number of aliphatic hydroxyl groups excluding tert-OH is 1. The van der Waals surface area contributed by atoms with E-state index in [0.29, 0.717) is 13.2 Å². The lowest BCUT2D eigenvalue weighted by atomic mass is 10.3. The van der Waals surface area contributed by atoms with Crippen molar-refractivity contribution in [3.63, 3.8) is 0 Å². The minimum atomic E-state index is -1.08. The van der Waals surface area contributed by atoms with E-state index in [4.69, 9.17) is 21.7 Å². The van der Waals surface area contributed by atoms with Gasteiger partial charge in [0.1, 0.15) is 12.7 Å². The fraction of sp³-hybridized carbons (Fsp3) is 0.556. The molecule has 0 bridgehead atoms. The highest BCUT2D eigenvalue weighted by molar-refractivity contribution is 7.96. The van der Waals surface area contributed by atoms with E-state index in [9.17, 15) is 9.90 Å². The highest BCUT2D eigenvalue weighted by Gasteiger charge is 2.14. The molecule has 1 atom stereocenters. The van der Waals surface area contributed by atoms with Crippen LogP contribution in [0.3, 0.4) is 0 Å². The number of carbonyl (C=O) groups excluding carboxylic acids is 1. The lowest BCUT2D eigenvalue weighted by Crippen LogP contribution is -2.24. The summed E-state index contributed by atoms with van der Waals surface area (Å²) < 4.78 is 10.0. The number of carbonyl (C=O) groups is 1. The van der Waals surface area contributed by atoms with E-state index in [1.807, 2.05) is 0 Å². The molecule has 0 aromatic heterocycles. The topological polar surface area (TPSA) is 55.8 Å². The normalized spacial score (nSPS) is 11.9. The zero-order chi connectivity index (χ0) is 11.7. The lowest BCUT2D eigenvalue weighted by Gasteiger charge is -2.11. The molecule has 0 aliphatic heterocycles.